The van der Waals surface area contributed by atoms with Crippen LogP contribution < -0.4 is 5.32 Å². The molecule has 1 aromatic carbocycles. The molecule has 23 heavy (non-hydrogen) atoms. The largest absolute Gasteiger partial charge is 0.335 e. The zero-order valence-electron chi connectivity index (χ0n) is 13.8. The average Bonchev–Trinajstić information content (AvgIpc) is 2.53. The fourth-order valence-corrected chi connectivity index (χ4v) is 2.42. The summed E-state index contributed by atoms with van der Waals surface area (Å²) in [7, 11) is 0. The quantitative estimate of drug-likeness (QED) is 0.859. The first kappa shape index (κ1) is 16.8. The van der Waals surface area contributed by atoms with Crippen LogP contribution in [0.1, 0.15) is 36.7 Å². The summed E-state index contributed by atoms with van der Waals surface area (Å²) in [5.41, 5.74) is 0.706. The Hall–Kier alpha value is -2.55. The van der Waals surface area contributed by atoms with Gasteiger partial charge in [-0.3, -0.25) is 4.79 Å². The van der Waals surface area contributed by atoms with Crippen LogP contribution in [0.3, 0.4) is 0 Å². The van der Waals surface area contributed by atoms with E-state index in [4.69, 9.17) is 5.26 Å². The van der Waals surface area contributed by atoms with Crippen molar-refractivity contribution in [1.29, 1.82) is 5.26 Å². The van der Waals surface area contributed by atoms with Crippen molar-refractivity contribution < 1.29 is 9.59 Å². The second-order valence-corrected chi connectivity index (χ2v) is 6.65. The Bertz CT molecular complexity index is 635. The first-order valence-corrected chi connectivity index (χ1v) is 7.67. The molecular formula is C17H22N4O2. The average molecular weight is 314 g/mol. The van der Waals surface area contributed by atoms with E-state index in [-0.39, 0.29) is 17.5 Å². The molecule has 0 aromatic heterocycles. The van der Waals surface area contributed by atoms with Crippen molar-refractivity contribution in [3.8, 4) is 6.07 Å². The minimum Gasteiger partial charge on any atom is -0.335 e. The summed E-state index contributed by atoms with van der Waals surface area (Å²) in [6.07, 6.45) is 0. The summed E-state index contributed by atoms with van der Waals surface area (Å²) < 4.78 is 0. The van der Waals surface area contributed by atoms with Crippen LogP contribution in [0.15, 0.2) is 24.3 Å². The van der Waals surface area contributed by atoms with Gasteiger partial charge in [0, 0.05) is 37.3 Å². The Labute approximate surface area is 136 Å². The summed E-state index contributed by atoms with van der Waals surface area (Å²) >= 11 is 0. The Morgan fingerprint density at radius 2 is 1.74 bits per heavy atom. The highest BCUT2D eigenvalue weighted by Gasteiger charge is 2.26. The molecule has 6 heteroatoms. The van der Waals surface area contributed by atoms with Gasteiger partial charge in [0.05, 0.1) is 11.6 Å². The maximum absolute atomic E-state index is 12.5. The highest BCUT2D eigenvalue weighted by Crippen LogP contribution is 2.11. The summed E-state index contributed by atoms with van der Waals surface area (Å²) in [4.78, 5) is 28.0. The van der Waals surface area contributed by atoms with Gasteiger partial charge < -0.3 is 15.1 Å². The van der Waals surface area contributed by atoms with Gasteiger partial charge in [0.2, 0.25) is 0 Å². The third-order valence-corrected chi connectivity index (χ3v) is 3.57. The predicted octanol–water partition coefficient (Wildman–Crippen LogP) is 1.82. The van der Waals surface area contributed by atoms with Gasteiger partial charge in [0.15, 0.2) is 0 Å². The standard InChI is InChI=1S/C17H22N4O2/c1-17(2,3)19-16(23)21-9-7-20(8-10-21)15(22)14-6-4-5-13(11-14)12-18/h4-6,11H,7-10H2,1-3H3,(H,19,23). The number of rotatable bonds is 1. The molecule has 0 spiro atoms. The van der Waals surface area contributed by atoms with Crippen molar-refractivity contribution in [2.75, 3.05) is 26.2 Å². The Balaban J connectivity index is 1.95. The maximum Gasteiger partial charge on any atom is 0.317 e. The molecule has 0 atom stereocenters. The SMILES string of the molecule is CC(C)(C)NC(=O)N1CCN(C(=O)c2cccc(C#N)c2)CC1. The minimum atomic E-state index is -0.276. The molecular weight excluding hydrogens is 292 g/mol. The number of urea groups is 1. The number of amides is 3. The van der Waals surface area contributed by atoms with E-state index in [1.165, 1.54) is 0 Å². The lowest BCUT2D eigenvalue weighted by molar-refractivity contribution is 0.0661. The van der Waals surface area contributed by atoms with Gasteiger partial charge >= 0.3 is 6.03 Å². The lowest BCUT2D eigenvalue weighted by atomic mass is 10.1. The van der Waals surface area contributed by atoms with Gasteiger partial charge in [-0.1, -0.05) is 6.07 Å². The highest BCUT2D eigenvalue weighted by molar-refractivity contribution is 5.94. The molecule has 0 saturated carbocycles. The van der Waals surface area contributed by atoms with E-state index in [1.807, 2.05) is 26.8 Å². The number of nitrogens with one attached hydrogen (secondary N) is 1. The smallest absolute Gasteiger partial charge is 0.317 e. The molecule has 0 unspecified atom stereocenters. The Kier molecular flexibility index (Phi) is 4.89. The van der Waals surface area contributed by atoms with Crippen molar-refractivity contribution >= 4 is 11.9 Å². The molecule has 1 aromatic rings. The minimum absolute atomic E-state index is 0.0991. The molecule has 122 valence electrons. The van der Waals surface area contributed by atoms with Gasteiger partial charge in [0.25, 0.3) is 5.91 Å². The van der Waals surface area contributed by atoms with Crippen molar-refractivity contribution in [3.05, 3.63) is 35.4 Å². The first-order chi connectivity index (χ1) is 10.8. The number of carbonyl (C=O) groups excluding carboxylic acids is 2. The topological polar surface area (TPSA) is 76.4 Å². The lowest BCUT2D eigenvalue weighted by Crippen LogP contribution is -2.56. The Morgan fingerprint density at radius 3 is 2.30 bits per heavy atom. The molecule has 1 heterocycles. The predicted molar refractivity (Wildman–Crippen MR) is 86.9 cm³/mol. The number of nitrogens with zero attached hydrogens (tertiary/aromatic N) is 3. The van der Waals surface area contributed by atoms with E-state index >= 15 is 0 Å². The van der Waals surface area contributed by atoms with Gasteiger partial charge in [-0.05, 0) is 39.0 Å². The molecule has 1 aliphatic rings. The Morgan fingerprint density at radius 1 is 1.13 bits per heavy atom. The van der Waals surface area contributed by atoms with Crippen molar-refractivity contribution in [2.45, 2.75) is 26.3 Å². The summed E-state index contributed by atoms with van der Waals surface area (Å²) in [6.45, 7) is 7.81. The van der Waals surface area contributed by atoms with Crippen LogP contribution in [-0.4, -0.2) is 53.5 Å². The van der Waals surface area contributed by atoms with Crippen molar-refractivity contribution in [3.63, 3.8) is 0 Å². The molecule has 0 radical (unpaired) electrons. The van der Waals surface area contributed by atoms with Crippen molar-refractivity contribution in [2.24, 2.45) is 0 Å². The van der Waals surface area contributed by atoms with Gasteiger partial charge in [-0.25, -0.2) is 4.79 Å². The van der Waals surface area contributed by atoms with E-state index < -0.39 is 0 Å². The summed E-state index contributed by atoms with van der Waals surface area (Å²) in [5.74, 6) is -0.0991. The van der Waals surface area contributed by atoms with E-state index in [1.54, 1.807) is 34.1 Å². The van der Waals surface area contributed by atoms with Crippen LogP contribution in [0.25, 0.3) is 0 Å². The molecule has 1 saturated heterocycles. The molecule has 1 N–H and O–H groups in total. The van der Waals surface area contributed by atoms with E-state index in [0.717, 1.165) is 0 Å². The van der Waals surface area contributed by atoms with Crippen LogP contribution in [0.2, 0.25) is 0 Å². The monoisotopic (exact) mass is 314 g/mol. The molecule has 3 amide bonds. The molecule has 0 bridgehead atoms. The molecule has 2 rings (SSSR count). The molecule has 6 nitrogen and oxygen atoms in total. The first-order valence-electron chi connectivity index (χ1n) is 7.67. The molecule has 1 aliphatic heterocycles. The van der Waals surface area contributed by atoms with Crippen LogP contribution in [-0.2, 0) is 0 Å². The second kappa shape index (κ2) is 6.69. The third kappa shape index (κ3) is 4.46. The van der Waals surface area contributed by atoms with E-state index in [9.17, 15) is 9.59 Å². The maximum atomic E-state index is 12.5. The number of benzene rings is 1. The zero-order chi connectivity index (χ0) is 17.0. The number of piperazine rings is 1. The third-order valence-electron chi connectivity index (χ3n) is 3.57. The number of hydrogen-bond acceptors (Lipinski definition) is 3. The van der Waals surface area contributed by atoms with Crippen LogP contribution in [0.4, 0.5) is 4.79 Å². The number of carbonyl (C=O) groups is 2. The van der Waals surface area contributed by atoms with Crippen molar-refractivity contribution in [1.82, 2.24) is 15.1 Å². The fourth-order valence-electron chi connectivity index (χ4n) is 2.42. The summed E-state index contributed by atoms with van der Waals surface area (Å²) in [5, 5.41) is 11.8. The zero-order valence-corrected chi connectivity index (χ0v) is 13.8. The molecule has 0 aliphatic carbocycles. The lowest BCUT2D eigenvalue weighted by Gasteiger charge is -2.36. The van der Waals surface area contributed by atoms with Crippen LogP contribution in [0.5, 0.6) is 0 Å². The fraction of sp³-hybridized carbons (Fsp3) is 0.471. The van der Waals surface area contributed by atoms with Crippen LogP contribution >= 0.6 is 0 Å². The highest BCUT2D eigenvalue weighted by atomic mass is 16.2. The van der Waals surface area contributed by atoms with Gasteiger partial charge in [-0.15, -0.1) is 0 Å². The number of nitriles is 1. The number of hydrogen-bond donors (Lipinski definition) is 1. The van der Waals surface area contributed by atoms with Crippen LogP contribution in [0, 0.1) is 11.3 Å². The van der Waals surface area contributed by atoms with E-state index in [0.29, 0.717) is 37.3 Å². The molecule has 1 fully saturated rings. The van der Waals surface area contributed by atoms with Gasteiger partial charge in [0.1, 0.15) is 0 Å². The van der Waals surface area contributed by atoms with Gasteiger partial charge in [-0.2, -0.15) is 5.26 Å². The second-order valence-electron chi connectivity index (χ2n) is 6.65. The normalized spacial score (nSPS) is 15.0. The summed E-state index contributed by atoms with van der Waals surface area (Å²) in [6, 6.07) is 8.62. The van der Waals surface area contributed by atoms with E-state index in [2.05, 4.69) is 5.32 Å².